The molecule has 0 aromatic heterocycles. The van der Waals surface area contributed by atoms with Crippen molar-refractivity contribution < 1.29 is 24.3 Å². The van der Waals surface area contributed by atoms with E-state index in [1.165, 1.54) is 0 Å². The van der Waals surface area contributed by atoms with Crippen LogP contribution < -0.4 is 16.4 Å². The van der Waals surface area contributed by atoms with Crippen molar-refractivity contribution in [2.24, 2.45) is 5.73 Å². The van der Waals surface area contributed by atoms with Crippen molar-refractivity contribution in [2.75, 3.05) is 18.4 Å². The summed E-state index contributed by atoms with van der Waals surface area (Å²) in [7, 11) is 0. The second-order valence-corrected chi connectivity index (χ2v) is 7.73. The number of carboxylic acid groups (broad SMARTS) is 1. The molecule has 2 rings (SSSR count). The van der Waals surface area contributed by atoms with Crippen LogP contribution >= 0.6 is 0 Å². The molecule has 0 saturated heterocycles. The lowest BCUT2D eigenvalue weighted by atomic mass is 10.1. The fraction of sp³-hybridized carbons (Fsp3) is 0.524. The van der Waals surface area contributed by atoms with E-state index in [0.29, 0.717) is 6.54 Å². The summed E-state index contributed by atoms with van der Waals surface area (Å²) in [6.45, 7) is 4.38. The standard InChI is InChI=1S/C21H30N4O5/c1-13-4-3-5-14(2)20(13)24-19(28)12-25(15-6-7-15)11-10-18(27)23-16(21(29)30)8-9-17(22)26/h3-5,15-16H,6-12H2,1-2H3,(H2,22,26)(H,23,27)(H,24,28)(H,29,30). The third-order valence-electron chi connectivity index (χ3n) is 5.09. The lowest BCUT2D eigenvalue weighted by molar-refractivity contribution is -0.142. The number of carbonyl (C=O) groups excluding carboxylic acids is 3. The molecule has 1 aromatic carbocycles. The Bertz CT molecular complexity index is 786. The summed E-state index contributed by atoms with van der Waals surface area (Å²) in [5.41, 5.74) is 7.81. The number of aryl methyl sites for hydroxylation is 2. The lowest BCUT2D eigenvalue weighted by Gasteiger charge is -2.22. The number of carboxylic acids is 1. The van der Waals surface area contributed by atoms with Gasteiger partial charge in [-0.3, -0.25) is 19.3 Å². The topological polar surface area (TPSA) is 142 Å². The summed E-state index contributed by atoms with van der Waals surface area (Å²) >= 11 is 0. The van der Waals surface area contributed by atoms with E-state index in [0.717, 1.165) is 29.7 Å². The summed E-state index contributed by atoms with van der Waals surface area (Å²) < 4.78 is 0. The van der Waals surface area contributed by atoms with Crippen LogP contribution in [0.1, 0.15) is 43.2 Å². The molecule has 0 aliphatic heterocycles. The van der Waals surface area contributed by atoms with Gasteiger partial charge >= 0.3 is 5.97 Å². The van der Waals surface area contributed by atoms with Gasteiger partial charge in [-0.25, -0.2) is 4.79 Å². The minimum absolute atomic E-state index is 0.0546. The molecular formula is C21H30N4O5. The van der Waals surface area contributed by atoms with E-state index in [4.69, 9.17) is 5.73 Å². The highest BCUT2D eigenvalue weighted by molar-refractivity contribution is 5.93. The van der Waals surface area contributed by atoms with Crippen molar-refractivity contribution in [1.82, 2.24) is 10.2 Å². The van der Waals surface area contributed by atoms with Gasteiger partial charge in [0.2, 0.25) is 17.7 Å². The van der Waals surface area contributed by atoms with Gasteiger partial charge in [-0.2, -0.15) is 0 Å². The van der Waals surface area contributed by atoms with E-state index in [9.17, 15) is 24.3 Å². The van der Waals surface area contributed by atoms with Crippen molar-refractivity contribution in [3.05, 3.63) is 29.3 Å². The van der Waals surface area contributed by atoms with Crippen LogP contribution in [0, 0.1) is 13.8 Å². The van der Waals surface area contributed by atoms with Gasteiger partial charge in [0.05, 0.1) is 6.54 Å². The van der Waals surface area contributed by atoms with Crippen molar-refractivity contribution in [2.45, 2.75) is 58.0 Å². The summed E-state index contributed by atoms with van der Waals surface area (Å²) in [6.07, 6.45) is 1.82. The third-order valence-corrected chi connectivity index (χ3v) is 5.09. The summed E-state index contributed by atoms with van der Waals surface area (Å²) in [5, 5.41) is 14.6. The van der Waals surface area contributed by atoms with Crippen molar-refractivity contribution in [3.63, 3.8) is 0 Å². The largest absolute Gasteiger partial charge is 0.480 e. The first-order valence-electron chi connectivity index (χ1n) is 10.1. The Balaban J connectivity index is 1.86. The molecule has 9 heteroatoms. The van der Waals surface area contributed by atoms with Gasteiger partial charge in [-0.1, -0.05) is 18.2 Å². The fourth-order valence-electron chi connectivity index (χ4n) is 3.26. The number of hydrogen-bond donors (Lipinski definition) is 4. The number of nitrogens with zero attached hydrogens (tertiary/aromatic N) is 1. The van der Waals surface area contributed by atoms with Crippen LogP contribution in [0.3, 0.4) is 0 Å². The Hall–Kier alpha value is -2.94. The molecule has 1 saturated carbocycles. The first-order valence-corrected chi connectivity index (χ1v) is 10.1. The molecule has 5 N–H and O–H groups in total. The summed E-state index contributed by atoms with van der Waals surface area (Å²) in [6, 6.07) is 4.90. The summed E-state index contributed by atoms with van der Waals surface area (Å²) in [4.78, 5) is 48.8. The van der Waals surface area contributed by atoms with Gasteiger partial charge in [0.15, 0.2) is 0 Å². The Morgan fingerprint density at radius 1 is 1.13 bits per heavy atom. The number of nitrogens with two attached hydrogens (primary N) is 1. The number of primary amides is 1. The van der Waals surface area contributed by atoms with E-state index < -0.39 is 23.8 Å². The zero-order chi connectivity index (χ0) is 22.3. The maximum atomic E-state index is 12.5. The normalized spacial score (nSPS) is 14.2. The average Bonchev–Trinajstić information content (AvgIpc) is 3.50. The second-order valence-electron chi connectivity index (χ2n) is 7.73. The highest BCUT2D eigenvalue weighted by Gasteiger charge is 2.31. The number of aliphatic carboxylic acids is 1. The molecular weight excluding hydrogens is 388 g/mol. The predicted molar refractivity (Wildman–Crippen MR) is 112 cm³/mol. The SMILES string of the molecule is Cc1cccc(C)c1NC(=O)CN(CCC(=O)NC(CCC(N)=O)C(=O)O)C1CC1. The van der Waals surface area contributed by atoms with Crippen molar-refractivity contribution in [3.8, 4) is 0 Å². The number of carbonyl (C=O) groups is 4. The zero-order valence-electron chi connectivity index (χ0n) is 17.4. The highest BCUT2D eigenvalue weighted by Crippen LogP contribution is 2.27. The van der Waals surface area contributed by atoms with Crippen LogP contribution in [-0.2, 0) is 19.2 Å². The van der Waals surface area contributed by atoms with E-state index in [1.807, 2.05) is 36.9 Å². The molecule has 1 fully saturated rings. The van der Waals surface area contributed by atoms with E-state index in [2.05, 4.69) is 10.6 Å². The van der Waals surface area contributed by atoms with Crippen LogP contribution in [0.25, 0.3) is 0 Å². The molecule has 1 unspecified atom stereocenters. The van der Waals surface area contributed by atoms with Gasteiger partial charge in [0.1, 0.15) is 6.04 Å². The minimum Gasteiger partial charge on any atom is -0.480 e. The van der Waals surface area contributed by atoms with Gasteiger partial charge in [-0.05, 0) is 44.2 Å². The van der Waals surface area contributed by atoms with Crippen LogP contribution in [0.5, 0.6) is 0 Å². The first-order chi connectivity index (χ1) is 14.2. The number of hydrogen-bond acceptors (Lipinski definition) is 5. The quantitative estimate of drug-likeness (QED) is 0.398. The van der Waals surface area contributed by atoms with Crippen molar-refractivity contribution >= 4 is 29.4 Å². The smallest absolute Gasteiger partial charge is 0.326 e. The van der Waals surface area contributed by atoms with E-state index >= 15 is 0 Å². The molecule has 9 nitrogen and oxygen atoms in total. The molecule has 164 valence electrons. The number of para-hydroxylation sites is 1. The van der Waals surface area contributed by atoms with Crippen LogP contribution in [-0.4, -0.2) is 58.9 Å². The first kappa shape index (κ1) is 23.3. The Kier molecular flexibility index (Phi) is 8.35. The summed E-state index contributed by atoms with van der Waals surface area (Å²) in [5.74, 6) is -2.42. The van der Waals surface area contributed by atoms with Crippen molar-refractivity contribution in [1.29, 1.82) is 0 Å². The number of nitrogens with one attached hydrogen (secondary N) is 2. The van der Waals surface area contributed by atoms with E-state index in [-0.39, 0.29) is 37.8 Å². The molecule has 1 aromatic rings. The Morgan fingerprint density at radius 3 is 2.30 bits per heavy atom. The molecule has 0 heterocycles. The van der Waals surface area contributed by atoms with E-state index in [1.54, 1.807) is 0 Å². The second kappa shape index (κ2) is 10.7. The van der Waals surface area contributed by atoms with Gasteiger partial charge < -0.3 is 21.5 Å². The molecule has 1 aliphatic rings. The lowest BCUT2D eigenvalue weighted by Crippen LogP contribution is -2.43. The van der Waals surface area contributed by atoms with Gasteiger partial charge in [-0.15, -0.1) is 0 Å². The van der Waals surface area contributed by atoms with Crippen LogP contribution in [0.15, 0.2) is 18.2 Å². The number of anilines is 1. The third kappa shape index (κ3) is 7.47. The number of rotatable bonds is 12. The maximum Gasteiger partial charge on any atom is 0.326 e. The highest BCUT2D eigenvalue weighted by atomic mass is 16.4. The molecule has 3 amide bonds. The molecule has 0 bridgehead atoms. The Labute approximate surface area is 176 Å². The fourth-order valence-corrected chi connectivity index (χ4v) is 3.26. The zero-order valence-corrected chi connectivity index (χ0v) is 17.4. The number of amides is 3. The molecule has 0 radical (unpaired) electrons. The van der Waals surface area contributed by atoms with Crippen LogP contribution in [0.4, 0.5) is 5.69 Å². The molecule has 0 spiro atoms. The van der Waals surface area contributed by atoms with Crippen LogP contribution in [0.2, 0.25) is 0 Å². The minimum atomic E-state index is -1.21. The molecule has 1 aliphatic carbocycles. The average molecular weight is 418 g/mol. The van der Waals surface area contributed by atoms with Gasteiger partial charge in [0.25, 0.3) is 0 Å². The molecule has 30 heavy (non-hydrogen) atoms. The molecule has 1 atom stereocenters. The Morgan fingerprint density at radius 2 is 1.77 bits per heavy atom. The van der Waals surface area contributed by atoms with Gasteiger partial charge in [0, 0.05) is 31.1 Å². The number of benzene rings is 1. The maximum absolute atomic E-state index is 12.5. The monoisotopic (exact) mass is 418 g/mol. The predicted octanol–water partition coefficient (Wildman–Crippen LogP) is 0.931.